The second-order valence-corrected chi connectivity index (χ2v) is 5.62. The molecule has 98 valence electrons. The third-order valence-electron chi connectivity index (χ3n) is 3.93. The number of benzene rings is 1. The Kier molecular flexibility index (Phi) is 3.22. The maximum absolute atomic E-state index is 6.11. The van der Waals surface area contributed by atoms with Gasteiger partial charge in [0.25, 0.3) is 0 Å². The van der Waals surface area contributed by atoms with Crippen molar-refractivity contribution in [2.24, 2.45) is 5.92 Å². The van der Waals surface area contributed by atoms with E-state index in [1.807, 2.05) is 18.2 Å². The Morgan fingerprint density at radius 3 is 2.89 bits per heavy atom. The summed E-state index contributed by atoms with van der Waals surface area (Å²) in [7, 11) is 0. The van der Waals surface area contributed by atoms with E-state index in [1.54, 1.807) is 0 Å². The number of hydrogen-bond donors (Lipinski definition) is 1. The molecule has 1 saturated heterocycles. The summed E-state index contributed by atoms with van der Waals surface area (Å²) in [5.74, 6) is 0.859. The van der Waals surface area contributed by atoms with Crippen LogP contribution in [-0.2, 0) is 11.3 Å². The van der Waals surface area contributed by atoms with E-state index in [0.29, 0.717) is 12.5 Å². The molecular formula is C14H18ClNO2. The number of hydrogen-bond acceptors (Lipinski definition) is 3. The summed E-state index contributed by atoms with van der Waals surface area (Å²) < 4.78 is 12.1. The first kappa shape index (κ1) is 12.3. The van der Waals surface area contributed by atoms with Crippen molar-refractivity contribution in [3.05, 3.63) is 28.8 Å². The van der Waals surface area contributed by atoms with Gasteiger partial charge in [0, 0.05) is 23.4 Å². The number of piperidine rings is 1. The van der Waals surface area contributed by atoms with Crippen LogP contribution in [0.25, 0.3) is 0 Å². The van der Waals surface area contributed by atoms with E-state index in [2.05, 4.69) is 12.2 Å². The third-order valence-corrected chi connectivity index (χ3v) is 4.17. The molecule has 0 aromatic heterocycles. The molecule has 0 bridgehead atoms. The zero-order valence-electron chi connectivity index (χ0n) is 10.5. The second-order valence-electron chi connectivity index (χ2n) is 5.18. The lowest BCUT2D eigenvalue weighted by Gasteiger charge is -2.42. The van der Waals surface area contributed by atoms with E-state index in [0.717, 1.165) is 42.3 Å². The molecule has 0 spiro atoms. The Morgan fingerprint density at radius 1 is 1.33 bits per heavy atom. The first-order valence-electron chi connectivity index (χ1n) is 6.49. The summed E-state index contributed by atoms with van der Waals surface area (Å²) in [6.45, 7) is 4.72. The van der Waals surface area contributed by atoms with Gasteiger partial charge in [0.2, 0.25) is 5.79 Å². The molecule has 3 rings (SSSR count). The molecule has 4 heteroatoms. The minimum absolute atomic E-state index is 0.447. The molecule has 2 heterocycles. The minimum Gasteiger partial charge on any atom is -0.462 e. The lowest BCUT2D eigenvalue weighted by Crippen LogP contribution is -2.49. The monoisotopic (exact) mass is 267 g/mol. The van der Waals surface area contributed by atoms with Crippen LogP contribution in [0.2, 0.25) is 5.02 Å². The number of rotatable bonds is 1. The molecule has 18 heavy (non-hydrogen) atoms. The SMILES string of the molecule is CC1(C2CCNCC2)OCc2cc(Cl)ccc2O1. The van der Waals surface area contributed by atoms with Gasteiger partial charge in [-0.15, -0.1) is 0 Å². The highest BCUT2D eigenvalue weighted by atomic mass is 35.5. The first-order chi connectivity index (χ1) is 8.67. The molecule has 1 unspecified atom stereocenters. The van der Waals surface area contributed by atoms with Gasteiger partial charge in [-0.05, 0) is 44.1 Å². The van der Waals surface area contributed by atoms with Crippen LogP contribution in [0.5, 0.6) is 5.75 Å². The highest BCUT2D eigenvalue weighted by Gasteiger charge is 2.41. The lowest BCUT2D eigenvalue weighted by atomic mass is 9.89. The van der Waals surface area contributed by atoms with Crippen molar-refractivity contribution in [3.8, 4) is 5.75 Å². The van der Waals surface area contributed by atoms with Gasteiger partial charge >= 0.3 is 0 Å². The molecule has 0 radical (unpaired) electrons. The summed E-state index contributed by atoms with van der Waals surface area (Å²) in [5.41, 5.74) is 1.04. The number of fused-ring (bicyclic) bond motifs is 1. The fourth-order valence-electron chi connectivity index (χ4n) is 2.78. The molecule has 0 saturated carbocycles. The topological polar surface area (TPSA) is 30.5 Å². The Hall–Kier alpha value is -0.770. The fraction of sp³-hybridized carbons (Fsp3) is 0.571. The maximum Gasteiger partial charge on any atom is 0.210 e. The lowest BCUT2D eigenvalue weighted by molar-refractivity contribution is -0.230. The Balaban J connectivity index is 1.82. The summed E-state index contributed by atoms with van der Waals surface area (Å²) in [4.78, 5) is 0. The minimum atomic E-state index is -0.497. The maximum atomic E-state index is 6.11. The van der Waals surface area contributed by atoms with Crippen molar-refractivity contribution in [1.82, 2.24) is 5.32 Å². The Morgan fingerprint density at radius 2 is 2.11 bits per heavy atom. The second kappa shape index (κ2) is 4.72. The van der Waals surface area contributed by atoms with Crippen LogP contribution < -0.4 is 10.1 Å². The number of ether oxygens (including phenoxy) is 2. The summed E-state index contributed by atoms with van der Waals surface area (Å²) >= 11 is 5.98. The van der Waals surface area contributed by atoms with Crippen molar-refractivity contribution in [2.45, 2.75) is 32.2 Å². The van der Waals surface area contributed by atoms with Gasteiger partial charge in [0.1, 0.15) is 5.75 Å². The number of nitrogens with one attached hydrogen (secondary N) is 1. The van der Waals surface area contributed by atoms with Gasteiger partial charge < -0.3 is 14.8 Å². The molecular weight excluding hydrogens is 250 g/mol. The quantitative estimate of drug-likeness (QED) is 0.849. The zero-order valence-corrected chi connectivity index (χ0v) is 11.3. The standard InChI is InChI=1S/C14H18ClNO2/c1-14(11-4-6-16-7-5-11)17-9-10-8-12(15)2-3-13(10)18-14/h2-3,8,11,16H,4-7,9H2,1H3. The molecule has 1 atom stereocenters. The molecule has 0 amide bonds. The van der Waals surface area contributed by atoms with E-state index in [1.165, 1.54) is 0 Å². The largest absolute Gasteiger partial charge is 0.462 e. The van der Waals surface area contributed by atoms with Gasteiger partial charge in [-0.3, -0.25) is 0 Å². The van der Waals surface area contributed by atoms with Crippen LogP contribution in [0, 0.1) is 5.92 Å². The van der Waals surface area contributed by atoms with E-state index in [4.69, 9.17) is 21.1 Å². The van der Waals surface area contributed by atoms with Gasteiger partial charge in [-0.1, -0.05) is 11.6 Å². The first-order valence-corrected chi connectivity index (χ1v) is 6.87. The van der Waals surface area contributed by atoms with Gasteiger partial charge in [0.05, 0.1) is 6.61 Å². The average Bonchev–Trinajstić information content (AvgIpc) is 2.40. The van der Waals surface area contributed by atoms with E-state index in [9.17, 15) is 0 Å². The van der Waals surface area contributed by atoms with Gasteiger partial charge in [-0.25, -0.2) is 0 Å². The smallest absolute Gasteiger partial charge is 0.210 e. The van der Waals surface area contributed by atoms with E-state index >= 15 is 0 Å². The normalized spacial score (nSPS) is 28.6. The van der Waals surface area contributed by atoms with Crippen LogP contribution in [0.1, 0.15) is 25.3 Å². The highest BCUT2D eigenvalue weighted by Crippen LogP contribution is 2.39. The predicted molar refractivity (Wildman–Crippen MR) is 70.9 cm³/mol. The molecule has 2 aliphatic rings. The molecule has 0 aliphatic carbocycles. The third kappa shape index (κ3) is 2.22. The van der Waals surface area contributed by atoms with Crippen molar-refractivity contribution >= 4 is 11.6 Å². The van der Waals surface area contributed by atoms with Crippen molar-refractivity contribution in [3.63, 3.8) is 0 Å². The molecule has 2 aliphatic heterocycles. The molecule has 1 N–H and O–H groups in total. The van der Waals surface area contributed by atoms with Crippen LogP contribution in [0.3, 0.4) is 0 Å². The zero-order chi connectivity index (χ0) is 12.6. The Labute approximate surface area is 112 Å². The van der Waals surface area contributed by atoms with Gasteiger partial charge in [-0.2, -0.15) is 0 Å². The summed E-state index contributed by atoms with van der Waals surface area (Å²) in [6, 6.07) is 5.73. The van der Waals surface area contributed by atoms with Crippen molar-refractivity contribution in [1.29, 1.82) is 0 Å². The summed E-state index contributed by atoms with van der Waals surface area (Å²) in [5, 5.41) is 4.10. The summed E-state index contributed by atoms with van der Waals surface area (Å²) in [6.07, 6.45) is 2.19. The van der Waals surface area contributed by atoms with Crippen molar-refractivity contribution in [2.75, 3.05) is 13.1 Å². The van der Waals surface area contributed by atoms with Crippen LogP contribution in [0.4, 0.5) is 0 Å². The molecule has 1 aromatic rings. The highest BCUT2D eigenvalue weighted by molar-refractivity contribution is 6.30. The average molecular weight is 268 g/mol. The van der Waals surface area contributed by atoms with E-state index in [-0.39, 0.29) is 0 Å². The predicted octanol–water partition coefficient (Wildman–Crippen LogP) is 2.96. The molecule has 1 aromatic carbocycles. The molecule has 3 nitrogen and oxygen atoms in total. The van der Waals surface area contributed by atoms with Crippen molar-refractivity contribution < 1.29 is 9.47 Å². The molecule has 1 fully saturated rings. The fourth-order valence-corrected chi connectivity index (χ4v) is 2.97. The van der Waals surface area contributed by atoms with Crippen LogP contribution in [-0.4, -0.2) is 18.9 Å². The Bertz CT molecular complexity index is 445. The van der Waals surface area contributed by atoms with Crippen LogP contribution in [0.15, 0.2) is 18.2 Å². The van der Waals surface area contributed by atoms with E-state index < -0.39 is 5.79 Å². The van der Waals surface area contributed by atoms with Gasteiger partial charge in [0.15, 0.2) is 0 Å². The number of halogens is 1. The van der Waals surface area contributed by atoms with Crippen LogP contribution >= 0.6 is 11.6 Å².